The smallest absolute Gasteiger partial charge is 0.335 e. The summed E-state index contributed by atoms with van der Waals surface area (Å²) in [6.07, 6.45) is 3.36. The van der Waals surface area contributed by atoms with Crippen LogP contribution in [-0.4, -0.2) is 21.0 Å². The van der Waals surface area contributed by atoms with Gasteiger partial charge in [0, 0.05) is 17.0 Å². The number of rotatable bonds is 1. The van der Waals surface area contributed by atoms with Gasteiger partial charge in [-0.05, 0) is 18.2 Å². The number of nitrogens with one attached hydrogen (secondary N) is 1. The lowest BCUT2D eigenvalue weighted by atomic mass is 10.1. The van der Waals surface area contributed by atoms with Crippen LogP contribution in [0.4, 0.5) is 5.69 Å². The van der Waals surface area contributed by atoms with Crippen molar-refractivity contribution in [1.29, 1.82) is 0 Å². The van der Waals surface area contributed by atoms with E-state index in [1.165, 1.54) is 6.07 Å². The molecule has 5 nitrogen and oxygen atoms in total. The quantitative estimate of drug-likeness (QED) is 0.554. The fourth-order valence-corrected chi connectivity index (χ4v) is 2.00. The van der Waals surface area contributed by atoms with Crippen molar-refractivity contribution >= 4 is 33.5 Å². The molecule has 0 bridgehead atoms. The molecule has 0 radical (unpaired) electrons. The number of anilines is 1. The number of fused-ring (bicyclic) bond motifs is 3. The molecule has 0 saturated carbocycles. The number of pyridine rings is 1. The number of hydrogen-bond donors (Lipinski definition) is 3. The van der Waals surface area contributed by atoms with E-state index in [1.54, 1.807) is 18.5 Å². The molecule has 1 aromatic carbocycles. The molecule has 0 aliphatic rings. The Balaban J connectivity index is 2.50. The van der Waals surface area contributed by atoms with Gasteiger partial charge in [-0.25, -0.2) is 4.79 Å². The number of aromatic carboxylic acids is 1. The number of aromatic nitrogens is 2. The lowest BCUT2D eigenvalue weighted by Gasteiger charge is -1.99. The molecule has 17 heavy (non-hydrogen) atoms. The molecule has 2 aromatic heterocycles. The molecule has 0 aliphatic heterocycles. The van der Waals surface area contributed by atoms with Crippen LogP contribution in [0, 0.1) is 0 Å². The number of nitrogen functional groups attached to an aromatic ring is 1. The first kappa shape index (κ1) is 9.65. The Bertz CT molecular complexity index is 746. The molecule has 0 amide bonds. The molecule has 5 heteroatoms. The zero-order valence-electron chi connectivity index (χ0n) is 8.77. The van der Waals surface area contributed by atoms with Gasteiger partial charge in [0.05, 0.1) is 28.5 Å². The maximum Gasteiger partial charge on any atom is 0.335 e. The van der Waals surface area contributed by atoms with Crippen molar-refractivity contribution in [3.63, 3.8) is 0 Å². The molecular formula is C12H9N3O2. The lowest BCUT2D eigenvalue weighted by Crippen LogP contribution is -1.98. The van der Waals surface area contributed by atoms with Gasteiger partial charge in [0.1, 0.15) is 0 Å². The highest BCUT2D eigenvalue weighted by Gasteiger charge is 2.11. The van der Waals surface area contributed by atoms with Crippen molar-refractivity contribution < 1.29 is 9.90 Å². The van der Waals surface area contributed by atoms with Gasteiger partial charge in [-0.15, -0.1) is 0 Å². The minimum Gasteiger partial charge on any atom is -0.478 e. The molecule has 0 spiro atoms. The number of benzene rings is 1. The van der Waals surface area contributed by atoms with Gasteiger partial charge in [-0.3, -0.25) is 4.98 Å². The van der Waals surface area contributed by atoms with E-state index in [2.05, 4.69) is 9.97 Å². The first-order chi connectivity index (χ1) is 8.16. The molecule has 3 rings (SSSR count). The molecule has 0 saturated heterocycles. The molecule has 3 aromatic rings. The second-order valence-electron chi connectivity index (χ2n) is 3.84. The number of nitrogens with zero attached hydrogens (tertiary/aromatic N) is 1. The third-order valence-corrected chi connectivity index (χ3v) is 2.79. The number of carbonyl (C=O) groups is 1. The Hall–Kier alpha value is -2.56. The third kappa shape index (κ3) is 1.32. The first-order valence-electron chi connectivity index (χ1n) is 5.05. The van der Waals surface area contributed by atoms with E-state index in [0.717, 1.165) is 21.8 Å². The highest BCUT2D eigenvalue weighted by atomic mass is 16.4. The van der Waals surface area contributed by atoms with Crippen molar-refractivity contribution in [3.8, 4) is 0 Å². The molecular weight excluding hydrogens is 218 g/mol. The van der Waals surface area contributed by atoms with E-state index in [0.29, 0.717) is 5.69 Å². The summed E-state index contributed by atoms with van der Waals surface area (Å²) < 4.78 is 0. The first-order valence-corrected chi connectivity index (χ1v) is 5.05. The summed E-state index contributed by atoms with van der Waals surface area (Å²) in [5.74, 6) is -0.984. The van der Waals surface area contributed by atoms with Crippen LogP contribution in [0.1, 0.15) is 10.4 Å². The Morgan fingerprint density at radius 2 is 2.18 bits per heavy atom. The maximum absolute atomic E-state index is 11.0. The van der Waals surface area contributed by atoms with Crippen LogP contribution in [0.15, 0.2) is 30.6 Å². The highest BCUT2D eigenvalue weighted by Crippen LogP contribution is 2.29. The molecule has 0 fully saturated rings. The van der Waals surface area contributed by atoms with Crippen molar-refractivity contribution in [3.05, 3.63) is 36.2 Å². The minimum atomic E-state index is -0.984. The average Bonchev–Trinajstić information content (AvgIpc) is 2.68. The van der Waals surface area contributed by atoms with Crippen LogP contribution in [-0.2, 0) is 0 Å². The number of aromatic amines is 1. The zero-order valence-corrected chi connectivity index (χ0v) is 8.77. The molecule has 84 valence electrons. The topological polar surface area (TPSA) is 92.0 Å². The van der Waals surface area contributed by atoms with Gasteiger partial charge in [-0.2, -0.15) is 0 Å². The van der Waals surface area contributed by atoms with Gasteiger partial charge in [0.25, 0.3) is 0 Å². The van der Waals surface area contributed by atoms with Gasteiger partial charge in [0.2, 0.25) is 0 Å². The SMILES string of the molecule is Nc1cc(C(=O)O)cc2c1[nH]c1cnccc12. The fraction of sp³-hybridized carbons (Fsp3) is 0. The van der Waals surface area contributed by atoms with E-state index in [-0.39, 0.29) is 5.56 Å². The van der Waals surface area contributed by atoms with Crippen molar-refractivity contribution in [2.24, 2.45) is 0 Å². The Morgan fingerprint density at radius 1 is 1.35 bits per heavy atom. The normalized spacial score (nSPS) is 11.1. The van der Waals surface area contributed by atoms with Crippen LogP contribution in [0.3, 0.4) is 0 Å². The van der Waals surface area contributed by atoms with Crippen molar-refractivity contribution in [2.45, 2.75) is 0 Å². The third-order valence-electron chi connectivity index (χ3n) is 2.79. The van der Waals surface area contributed by atoms with Gasteiger partial charge >= 0.3 is 5.97 Å². The highest BCUT2D eigenvalue weighted by molar-refractivity contribution is 6.12. The predicted octanol–water partition coefficient (Wildman–Crippen LogP) is 2.00. The van der Waals surface area contributed by atoms with Crippen LogP contribution >= 0.6 is 0 Å². The zero-order chi connectivity index (χ0) is 12.0. The summed E-state index contributed by atoms with van der Waals surface area (Å²) in [4.78, 5) is 18.1. The van der Waals surface area contributed by atoms with Crippen LogP contribution in [0.25, 0.3) is 21.8 Å². The number of nitrogens with two attached hydrogens (primary N) is 1. The van der Waals surface area contributed by atoms with Gasteiger partial charge in [-0.1, -0.05) is 0 Å². The van der Waals surface area contributed by atoms with Crippen molar-refractivity contribution in [2.75, 3.05) is 5.73 Å². The molecule has 2 heterocycles. The minimum absolute atomic E-state index is 0.188. The lowest BCUT2D eigenvalue weighted by molar-refractivity contribution is 0.0697. The molecule has 0 unspecified atom stereocenters. The second-order valence-corrected chi connectivity index (χ2v) is 3.84. The number of hydrogen-bond acceptors (Lipinski definition) is 3. The number of H-pyrrole nitrogens is 1. The standard InChI is InChI=1S/C12H9N3O2/c13-9-4-6(12(16)17)3-8-7-1-2-14-5-10(7)15-11(8)9/h1-5,15H,13H2,(H,16,17). The Kier molecular flexibility index (Phi) is 1.82. The van der Waals surface area contributed by atoms with E-state index >= 15 is 0 Å². The summed E-state index contributed by atoms with van der Waals surface area (Å²) >= 11 is 0. The summed E-state index contributed by atoms with van der Waals surface area (Å²) in [5, 5.41) is 10.7. The fourth-order valence-electron chi connectivity index (χ4n) is 2.00. The van der Waals surface area contributed by atoms with Crippen LogP contribution < -0.4 is 5.73 Å². The summed E-state index contributed by atoms with van der Waals surface area (Å²) in [5.41, 5.74) is 8.05. The largest absolute Gasteiger partial charge is 0.478 e. The second kappa shape index (κ2) is 3.21. The molecule has 4 N–H and O–H groups in total. The predicted molar refractivity (Wildman–Crippen MR) is 65.0 cm³/mol. The number of carboxylic acid groups (broad SMARTS) is 1. The van der Waals surface area contributed by atoms with Gasteiger partial charge in [0.15, 0.2) is 0 Å². The maximum atomic E-state index is 11.0. The van der Waals surface area contributed by atoms with Crippen LogP contribution in [0.5, 0.6) is 0 Å². The Labute approximate surface area is 95.9 Å². The monoisotopic (exact) mass is 227 g/mol. The number of carboxylic acids is 1. The van der Waals surface area contributed by atoms with E-state index < -0.39 is 5.97 Å². The van der Waals surface area contributed by atoms with Gasteiger partial charge < -0.3 is 15.8 Å². The van der Waals surface area contributed by atoms with E-state index in [4.69, 9.17) is 10.8 Å². The molecule has 0 aliphatic carbocycles. The van der Waals surface area contributed by atoms with E-state index in [9.17, 15) is 4.79 Å². The van der Waals surface area contributed by atoms with E-state index in [1.807, 2.05) is 6.07 Å². The summed E-state index contributed by atoms with van der Waals surface area (Å²) in [7, 11) is 0. The molecule has 0 atom stereocenters. The summed E-state index contributed by atoms with van der Waals surface area (Å²) in [6.45, 7) is 0. The summed E-state index contributed by atoms with van der Waals surface area (Å²) in [6, 6.07) is 4.90. The average molecular weight is 227 g/mol. The Morgan fingerprint density at radius 3 is 2.94 bits per heavy atom. The van der Waals surface area contributed by atoms with Crippen molar-refractivity contribution in [1.82, 2.24) is 9.97 Å². The van der Waals surface area contributed by atoms with Crippen LogP contribution in [0.2, 0.25) is 0 Å².